The summed E-state index contributed by atoms with van der Waals surface area (Å²) in [5.74, 6) is -2.56. The SMILES string of the molecule is CCS(=O)(=O)Cc1ccc(C(=O)O)cc1C(F)(F)F. The van der Waals surface area contributed by atoms with Crippen molar-refractivity contribution in [3.63, 3.8) is 0 Å². The third kappa shape index (κ3) is 3.95. The second-order valence-corrected chi connectivity index (χ2v) is 6.20. The first-order valence-corrected chi connectivity index (χ1v) is 7.03. The molecular formula is C11H11F3O4S. The third-order valence-electron chi connectivity index (χ3n) is 2.48. The Morgan fingerprint density at radius 2 is 1.89 bits per heavy atom. The molecule has 0 bridgehead atoms. The molecule has 0 spiro atoms. The van der Waals surface area contributed by atoms with Crippen molar-refractivity contribution >= 4 is 15.8 Å². The normalized spacial score (nSPS) is 12.4. The maximum atomic E-state index is 12.8. The lowest BCUT2D eigenvalue weighted by Gasteiger charge is -2.13. The smallest absolute Gasteiger partial charge is 0.416 e. The predicted molar refractivity (Wildman–Crippen MR) is 61.6 cm³/mol. The molecule has 0 aliphatic carbocycles. The van der Waals surface area contributed by atoms with Gasteiger partial charge in [0.2, 0.25) is 0 Å². The summed E-state index contributed by atoms with van der Waals surface area (Å²) in [5, 5.41) is 8.66. The molecule has 0 saturated carbocycles. The van der Waals surface area contributed by atoms with E-state index in [9.17, 15) is 26.4 Å². The molecule has 1 rings (SSSR count). The summed E-state index contributed by atoms with van der Waals surface area (Å²) in [6.07, 6.45) is -4.80. The van der Waals surface area contributed by atoms with Crippen molar-refractivity contribution in [3.8, 4) is 0 Å². The minimum atomic E-state index is -4.80. The van der Waals surface area contributed by atoms with Gasteiger partial charge in [-0.3, -0.25) is 0 Å². The minimum absolute atomic E-state index is 0.287. The Bertz CT molecular complexity index is 590. The third-order valence-corrected chi connectivity index (χ3v) is 4.11. The molecule has 0 amide bonds. The van der Waals surface area contributed by atoms with E-state index in [-0.39, 0.29) is 5.75 Å². The molecule has 1 aromatic rings. The van der Waals surface area contributed by atoms with Crippen LogP contribution in [0.3, 0.4) is 0 Å². The van der Waals surface area contributed by atoms with E-state index in [4.69, 9.17) is 5.11 Å². The van der Waals surface area contributed by atoms with Crippen molar-refractivity contribution in [3.05, 3.63) is 34.9 Å². The molecule has 0 atom stereocenters. The second-order valence-electron chi connectivity index (χ2n) is 3.85. The summed E-state index contributed by atoms with van der Waals surface area (Å²) in [6, 6.07) is 2.29. The van der Waals surface area contributed by atoms with Gasteiger partial charge in [-0.25, -0.2) is 13.2 Å². The summed E-state index contributed by atoms with van der Waals surface area (Å²) in [4.78, 5) is 10.6. The summed E-state index contributed by atoms with van der Waals surface area (Å²) >= 11 is 0. The Labute approximate surface area is 107 Å². The van der Waals surface area contributed by atoms with E-state index in [2.05, 4.69) is 0 Å². The van der Waals surface area contributed by atoms with E-state index >= 15 is 0 Å². The van der Waals surface area contributed by atoms with Gasteiger partial charge in [0, 0.05) is 5.75 Å². The highest BCUT2D eigenvalue weighted by Crippen LogP contribution is 2.33. The van der Waals surface area contributed by atoms with Crippen LogP contribution in [-0.4, -0.2) is 25.2 Å². The van der Waals surface area contributed by atoms with Gasteiger partial charge >= 0.3 is 12.1 Å². The van der Waals surface area contributed by atoms with Gasteiger partial charge in [-0.1, -0.05) is 13.0 Å². The first kappa shape index (κ1) is 15.5. The van der Waals surface area contributed by atoms with E-state index in [0.29, 0.717) is 6.07 Å². The Hall–Kier alpha value is -1.57. The van der Waals surface area contributed by atoms with Crippen LogP contribution in [0.4, 0.5) is 13.2 Å². The van der Waals surface area contributed by atoms with Crippen LogP contribution in [0, 0.1) is 0 Å². The van der Waals surface area contributed by atoms with Crippen molar-refractivity contribution in [2.75, 3.05) is 5.75 Å². The van der Waals surface area contributed by atoms with E-state index in [1.54, 1.807) is 0 Å². The van der Waals surface area contributed by atoms with Crippen molar-refractivity contribution in [1.29, 1.82) is 0 Å². The Morgan fingerprint density at radius 1 is 1.32 bits per heavy atom. The van der Waals surface area contributed by atoms with E-state index in [1.165, 1.54) is 6.92 Å². The lowest BCUT2D eigenvalue weighted by Crippen LogP contribution is -2.15. The highest BCUT2D eigenvalue weighted by molar-refractivity contribution is 7.90. The summed E-state index contributed by atoms with van der Waals surface area (Å²) in [5.41, 5.74) is -2.21. The number of aromatic carboxylic acids is 1. The van der Waals surface area contributed by atoms with Crippen LogP contribution >= 0.6 is 0 Å². The number of carboxylic acid groups (broad SMARTS) is 1. The molecule has 4 nitrogen and oxygen atoms in total. The monoisotopic (exact) mass is 296 g/mol. The number of rotatable bonds is 4. The molecular weight excluding hydrogens is 285 g/mol. The number of alkyl halides is 3. The molecule has 0 fully saturated rings. The van der Waals surface area contributed by atoms with Gasteiger partial charge in [0.15, 0.2) is 9.84 Å². The lowest BCUT2D eigenvalue weighted by molar-refractivity contribution is -0.138. The molecule has 1 N–H and O–H groups in total. The topological polar surface area (TPSA) is 71.4 Å². The van der Waals surface area contributed by atoms with E-state index < -0.39 is 44.4 Å². The van der Waals surface area contributed by atoms with Gasteiger partial charge < -0.3 is 5.11 Å². The quantitative estimate of drug-likeness (QED) is 0.925. The van der Waals surface area contributed by atoms with Crippen molar-refractivity contribution in [2.24, 2.45) is 0 Å². The maximum Gasteiger partial charge on any atom is 0.416 e. The molecule has 8 heteroatoms. The van der Waals surface area contributed by atoms with E-state index in [0.717, 1.165) is 12.1 Å². The summed E-state index contributed by atoms with van der Waals surface area (Å²) in [7, 11) is -3.64. The zero-order chi connectivity index (χ0) is 14.8. The number of halogens is 3. The van der Waals surface area contributed by atoms with E-state index in [1.807, 2.05) is 0 Å². The zero-order valence-corrected chi connectivity index (χ0v) is 10.7. The van der Waals surface area contributed by atoms with Gasteiger partial charge in [-0.15, -0.1) is 0 Å². The van der Waals surface area contributed by atoms with Crippen molar-refractivity contribution in [2.45, 2.75) is 18.9 Å². The molecule has 0 aromatic heterocycles. The van der Waals surface area contributed by atoms with Gasteiger partial charge in [-0.05, 0) is 17.7 Å². The van der Waals surface area contributed by atoms with Crippen LogP contribution in [0.15, 0.2) is 18.2 Å². The molecule has 0 aliphatic heterocycles. The number of benzene rings is 1. The van der Waals surface area contributed by atoms with Crippen molar-refractivity contribution in [1.82, 2.24) is 0 Å². The molecule has 0 radical (unpaired) electrons. The van der Waals surface area contributed by atoms with Crippen molar-refractivity contribution < 1.29 is 31.5 Å². The maximum absolute atomic E-state index is 12.8. The van der Waals surface area contributed by atoms with Crippen LogP contribution in [0.2, 0.25) is 0 Å². The van der Waals surface area contributed by atoms with Gasteiger partial charge in [-0.2, -0.15) is 13.2 Å². The zero-order valence-electron chi connectivity index (χ0n) is 9.86. The average molecular weight is 296 g/mol. The molecule has 0 aliphatic rings. The summed E-state index contributed by atoms with van der Waals surface area (Å²) in [6.45, 7) is 1.33. The van der Waals surface area contributed by atoms with Crippen LogP contribution in [0.5, 0.6) is 0 Å². The largest absolute Gasteiger partial charge is 0.478 e. The molecule has 0 saturated heterocycles. The minimum Gasteiger partial charge on any atom is -0.478 e. The molecule has 1 aromatic carbocycles. The van der Waals surface area contributed by atoms with Gasteiger partial charge in [0.25, 0.3) is 0 Å². The number of carboxylic acids is 1. The van der Waals surface area contributed by atoms with Crippen LogP contribution in [0.1, 0.15) is 28.4 Å². The number of hydrogen-bond acceptors (Lipinski definition) is 3. The standard InChI is InChI=1S/C11H11F3O4S/c1-2-19(17,18)6-8-4-3-7(10(15)16)5-9(8)11(12,13)14/h3-5H,2,6H2,1H3,(H,15,16). The first-order valence-electron chi connectivity index (χ1n) is 5.20. The van der Waals surface area contributed by atoms with Crippen LogP contribution in [-0.2, 0) is 21.8 Å². The predicted octanol–water partition coefficient (Wildman–Crippen LogP) is 2.34. The van der Waals surface area contributed by atoms with Gasteiger partial charge in [0.05, 0.1) is 16.9 Å². The molecule has 0 unspecified atom stereocenters. The van der Waals surface area contributed by atoms with Crippen LogP contribution < -0.4 is 0 Å². The Kier molecular flexibility index (Phi) is 4.24. The fourth-order valence-corrected chi connectivity index (χ4v) is 2.37. The average Bonchev–Trinajstić information content (AvgIpc) is 2.27. The summed E-state index contributed by atoms with van der Waals surface area (Å²) < 4.78 is 61.1. The second kappa shape index (κ2) is 5.20. The fraction of sp³-hybridized carbons (Fsp3) is 0.364. The van der Waals surface area contributed by atoms with Crippen LogP contribution in [0.25, 0.3) is 0 Å². The Balaban J connectivity index is 3.37. The fourth-order valence-electron chi connectivity index (χ4n) is 1.44. The lowest BCUT2D eigenvalue weighted by atomic mass is 10.0. The number of carbonyl (C=O) groups is 1. The molecule has 0 heterocycles. The molecule has 106 valence electrons. The number of sulfone groups is 1. The Morgan fingerprint density at radius 3 is 2.32 bits per heavy atom. The molecule has 19 heavy (non-hydrogen) atoms. The number of hydrogen-bond donors (Lipinski definition) is 1. The van der Waals surface area contributed by atoms with Gasteiger partial charge in [0.1, 0.15) is 0 Å². The first-order chi connectivity index (χ1) is 8.57. The highest BCUT2D eigenvalue weighted by Gasteiger charge is 2.35. The highest BCUT2D eigenvalue weighted by atomic mass is 32.2.